The van der Waals surface area contributed by atoms with Crippen LogP contribution in [0.5, 0.6) is 0 Å². The van der Waals surface area contributed by atoms with Crippen LogP contribution in [0.25, 0.3) is 0 Å². The van der Waals surface area contributed by atoms with E-state index in [1.165, 1.54) is 0 Å². The predicted molar refractivity (Wildman–Crippen MR) is 115 cm³/mol. The van der Waals surface area contributed by atoms with Crippen LogP contribution in [0.1, 0.15) is 52.7 Å². The molecule has 0 fully saturated rings. The summed E-state index contributed by atoms with van der Waals surface area (Å²) in [7, 11) is 0. The van der Waals surface area contributed by atoms with Gasteiger partial charge in [0.1, 0.15) is 5.41 Å². The second-order valence-corrected chi connectivity index (χ2v) is 9.23. The average Bonchev–Trinajstić information content (AvgIpc) is 2.96. The number of hydrogen-bond donors (Lipinski definition) is 1. The number of hydrogen-bond acceptors (Lipinski definition) is 2. The highest BCUT2D eigenvalue weighted by atomic mass is 16.2. The van der Waals surface area contributed by atoms with E-state index in [1.807, 2.05) is 55.5 Å². The molecule has 0 saturated heterocycles. The second kappa shape index (κ2) is 7.08. The number of carbonyl (C=O) groups excluding carboxylic acids is 2. The van der Waals surface area contributed by atoms with Gasteiger partial charge in [0.25, 0.3) is 0 Å². The van der Waals surface area contributed by atoms with E-state index in [1.54, 1.807) is 18.7 Å². The summed E-state index contributed by atoms with van der Waals surface area (Å²) in [5.74, 6) is -0.457. The van der Waals surface area contributed by atoms with Gasteiger partial charge in [0.2, 0.25) is 11.8 Å². The quantitative estimate of drug-likeness (QED) is 0.770. The van der Waals surface area contributed by atoms with Gasteiger partial charge in [-0.05, 0) is 55.9 Å². The van der Waals surface area contributed by atoms with E-state index in [4.69, 9.17) is 0 Å². The van der Waals surface area contributed by atoms with Crippen LogP contribution in [0, 0.1) is 5.41 Å². The molecule has 0 bridgehead atoms. The first-order valence-electron chi connectivity index (χ1n) is 9.86. The lowest BCUT2D eigenvalue weighted by molar-refractivity contribution is -0.136. The molecule has 1 heterocycles. The fraction of sp³-hybridized carbons (Fsp3) is 0.417. The summed E-state index contributed by atoms with van der Waals surface area (Å²) in [4.78, 5) is 28.4. The first-order valence-corrected chi connectivity index (χ1v) is 9.86. The third-order valence-corrected chi connectivity index (χ3v) is 5.51. The highest BCUT2D eigenvalue weighted by Gasteiger charge is 2.43. The summed E-state index contributed by atoms with van der Waals surface area (Å²) >= 11 is 0. The van der Waals surface area contributed by atoms with Crippen molar-refractivity contribution in [2.24, 2.45) is 5.41 Å². The minimum absolute atomic E-state index is 0.0406. The molecule has 0 aliphatic carbocycles. The molecule has 2 aromatic rings. The highest BCUT2D eigenvalue weighted by Crippen LogP contribution is 2.36. The van der Waals surface area contributed by atoms with Gasteiger partial charge in [0, 0.05) is 17.4 Å². The van der Waals surface area contributed by atoms with Crippen LogP contribution in [0.4, 0.5) is 11.4 Å². The SMILES string of the molecule is CC1Cc2ccccc2N1C(=O)C(C)(C)C(=O)Nc1ccccc1C(C)(C)C. The van der Waals surface area contributed by atoms with Gasteiger partial charge in [-0.1, -0.05) is 57.2 Å². The molecule has 0 aromatic heterocycles. The van der Waals surface area contributed by atoms with Gasteiger partial charge in [-0.2, -0.15) is 0 Å². The Labute approximate surface area is 167 Å². The Balaban J connectivity index is 1.87. The van der Waals surface area contributed by atoms with Gasteiger partial charge < -0.3 is 10.2 Å². The molecule has 4 nitrogen and oxygen atoms in total. The Kier molecular flexibility index (Phi) is 5.09. The van der Waals surface area contributed by atoms with Crippen LogP contribution < -0.4 is 10.2 Å². The van der Waals surface area contributed by atoms with Crippen molar-refractivity contribution in [3.05, 3.63) is 59.7 Å². The fourth-order valence-electron chi connectivity index (χ4n) is 3.80. The number of nitrogens with zero attached hydrogens (tertiary/aromatic N) is 1. The van der Waals surface area contributed by atoms with Gasteiger partial charge in [-0.15, -0.1) is 0 Å². The standard InChI is InChI=1S/C24H30N2O2/c1-16-15-17-11-7-10-14-20(17)26(16)22(28)24(5,6)21(27)25-19-13-9-8-12-18(19)23(2,3)4/h7-14,16H,15H2,1-6H3,(H,25,27). The van der Waals surface area contributed by atoms with E-state index in [0.717, 1.165) is 28.9 Å². The van der Waals surface area contributed by atoms with Crippen LogP contribution in [-0.4, -0.2) is 17.9 Å². The molecule has 1 N–H and O–H groups in total. The van der Waals surface area contributed by atoms with Gasteiger partial charge in [-0.3, -0.25) is 9.59 Å². The van der Waals surface area contributed by atoms with Crippen molar-refractivity contribution in [3.63, 3.8) is 0 Å². The lowest BCUT2D eigenvalue weighted by Gasteiger charge is -2.32. The maximum Gasteiger partial charge on any atom is 0.242 e. The van der Waals surface area contributed by atoms with Gasteiger partial charge in [-0.25, -0.2) is 0 Å². The van der Waals surface area contributed by atoms with Crippen molar-refractivity contribution >= 4 is 23.2 Å². The van der Waals surface area contributed by atoms with Gasteiger partial charge >= 0.3 is 0 Å². The number of amides is 2. The molecule has 3 rings (SSSR count). The Hall–Kier alpha value is -2.62. The van der Waals surface area contributed by atoms with Crippen LogP contribution >= 0.6 is 0 Å². The molecule has 1 unspecified atom stereocenters. The molecule has 1 aliphatic rings. The minimum atomic E-state index is -1.18. The van der Waals surface area contributed by atoms with E-state index < -0.39 is 5.41 Å². The topological polar surface area (TPSA) is 49.4 Å². The molecule has 148 valence electrons. The van der Waals surface area contributed by atoms with Crippen LogP contribution in [0.2, 0.25) is 0 Å². The number of para-hydroxylation sites is 2. The van der Waals surface area contributed by atoms with E-state index in [2.05, 4.69) is 26.1 Å². The van der Waals surface area contributed by atoms with Crippen molar-refractivity contribution in [2.75, 3.05) is 10.2 Å². The van der Waals surface area contributed by atoms with Crippen molar-refractivity contribution in [3.8, 4) is 0 Å². The van der Waals surface area contributed by atoms with E-state index in [-0.39, 0.29) is 23.3 Å². The van der Waals surface area contributed by atoms with E-state index in [9.17, 15) is 9.59 Å². The maximum absolute atomic E-state index is 13.4. The average molecular weight is 379 g/mol. The summed E-state index contributed by atoms with van der Waals surface area (Å²) in [6.07, 6.45) is 0.812. The number of benzene rings is 2. The summed E-state index contributed by atoms with van der Waals surface area (Å²) in [6, 6.07) is 15.7. The zero-order chi connectivity index (χ0) is 20.7. The lowest BCUT2D eigenvalue weighted by atomic mass is 9.85. The zero-order valence-corrected chi connectivity index (χ0v) is 17.7. The maximum atomic E-state index is 13.4. The largest absolute Gasteiger partial charge is 0.325 e. The number of carbonyl (C=O) groups is 2. The Morgan fingerprint density at radius 1 is 0.964 bits per heavy atom. The smallest absolute Gasteiger partial charge is 0.242 e. The van der Waals surface area contributed by atoms with Crippen LogP contribution in [0.15, 0.2) is 48.5 Å². The lowest BCUT2D eigenvalue weighted by Crippen LogP contribution is -2.49. The molecule has 0 radical (unpaired) electrons. The summed E-state index contributed by atoms with van der Waals surface area (Å²) in [6.45, 7) is 11.8. The first-order chi connectivity index (χ1) is 13.0. The molecule has 2 amide bonds. The molecular weight excluding hydrogens is 348 g/mol. The molecule has 2 aromatic carbocycles. The first kappa shape index (κ1) is 20.1. The fourth-order valence-corrected chi connectivity index (χ4v) is 3.80. The Morgan fingerprint density at radius 2 is 1.57 bits per heavy atom. The van der Waals surface area contributed by atoms with Crippen molar-refractivity contribution in [1.29, 1.82) is 0 Å². The van der Waals surface area contributed by atoms with Gasteiger partial charge in [0.05, 0.1) is 0 Å². The monoisotopic (exact) mass is 378 g/mol. The van der Waals surface area contributed by atoms with Crippen molar-refractivity contribution < 1.29 is 9.59 Å². The van der Waals surface area contributed by atoms with Gasteiger partial charge in [0.15, 0.2) is 0 Å². The molecule has 28 heavy (non-hydrogen) atoms. The normalized spacial score (nSPS) is 16.6. The zero-order valence-electron chi connectivity index (χ0n) is 17.7. The van der Waals surface area contributed by atoms with E-state index >= 15 is 0 Å². The third kappa shape index (κ3) is 3.56. The molecule has 1 aliphatic heterocycles. The molecule has 4 heteroatoms. The van der Waals surface area contributed by atoms with Crippen molar-refractivity contribution in [2.45, 2.75) is 59.4 Å². The Bertz CT molecular complexity index is 909. The molecule has 1 atom stereocenters. The number of nitrogens with one attached hydrogen (secondary N) is 1. The predicted octanol–water partition coefficient (Wildman–Crippen LogP) is 4.93. The highest BCUT2D eigenvalue weighted by molar-refractivity contribution is 6.15. The molecule has 0 spiro atoms. The minimum Gasteiger partial charge on any atom is -0.325 e. The molecule has 0 saturated carbocycles. The second-order valence-electron chi connectivity index (χ2n) is 9.23. The number of anilines is 2. The van der Waals surface area contributed by atoms with Crippen LogP contribution in [0.3, 0.4) is 0 Å². The summed E-state index contributed by atoms with van der Waals surface area (Å²) in [5.41, 5.74) is 2.58. The summed E-state index contributed by atoms with van der Waals surface area (Å²) in [5, 5.41) is 3.01. The third-order valence-electron chi connectivity index (χ3n) is 5.51. The number of fused-ring (bicyclic) bond motifs is 1. The van der Waals surface area contributed by atoms with E-state index in [0.29, 0.717) is 0 Å². The Morgan fingerprint density at radius 3 is 2.25 bits per heavy atom. The number of rotatable bonds is 3. The molecular formula is C24H30N2O2. The summed E-state index contributed by atoms with van der Waals surface area (Å²) < 4.78 is 0. The van der Waals surface area contributed by atoms with Crippen molar-refractivity contribution in [1.82, 2.24) is 0 Å². The van der Waals surface area contributed by atoms with Crippen LogP contribution in [-0.2, 0) is 21.4 Å².